The van der Waals surface area contributed by atoms with Gasteiger partial charge in [-0.15, -0.1) is 5.10 Å². The number of tetrazole rings is 1. The van der Waals surface area contributed by atoms with E-state index >= 15 is 0 Å². The predicted molar refractivity (Wildman–Crippen MR) is 69.4 cm³/mol. The van der Waals surface area contributed by atoms with E-state index in [1.165, 1.54) is 18.4 Å². The Bertz CT molecular complexity index is 519. The standard InChI is InChI=1S/C11H14N6S/c1-12-10-5-2-8(6-13-10)7-18-11-14-15-16-17(11)9-3-4-9/h2,5-6,9H,3-4,7H2,1H3,(H,12,13). The van der Waals surface area contributed by atoms with Gasteiger partial charge in [-0.25, -0.2) is 9.67 Å². The maximum atomic E-state index is 4.28. The van der Waals surface area contributed by atoms with Gasteiger partial charge in [0.1, 0.15) is 5.82 Å². The highest BCUT2D eigenvalue weighted by molar-refractivity contribution is 7.98. The van der Waals surface area contributed by atoms with Crippen LogP contribution in [-0.2, 0) is 5.75 Å². The summed E-state index contributed by atoms with van der Waals surface area (Å²) in [5.74, 6) is 1.72. The Hall–Kier alpha value is -1.63. The summed E-state index contributed by atoms with van der Waals surface area (Å²) in [4.78, 5) is 4.28. The highest BCUT2D eigenvalue weighted by Crippen LogP contribution is 2.36. The second kappa shape index (κ2) is 4.93. The minimum Gasteiger partial charge on any atom is -0.373 e. The van der Waals surface area contributed by atoms with Gasteiger partial charge in [0.05, 0.1) is 6.04 Å². The van der Waals surface area contributed by atoms with Gasteiger partial charge in [0.2, 0.25) is 5.16 Å². The normalized spacial score (nSPS) is 14.7. The molecule has 1 saturated carbocycles. The number of aromatic nitrogens is 5. The number of anilines is 1. The Kier molecular flexibility index (Phi) is 3.14. The van der Waals surface area contributed by atoms with Crippen molar-refractivity contribution >= 4 is 17.6 Å². The number of nitrogens with zero attached hydrogens (tertiary/aromatic N) is 5. The molecular formula is C11H14N6S. The van der Waals surface area contributed by atoms with Gasteiger partial charge < -0.3 is 5.32 Å². The maximum Gasteiger partial charge on any atom is 0.209 e. The van der Waals surface area contributed by atoms with Crippen LogP contribution in [0.25, 0.3) is 0 Å². The van der Waals surface area contributed by atoms with E-state index in [1.54, 1.807) is 11.8 Å². The molecule has 0 atom stereocenters. The average Bonchev–Trinajstić information content (AvgIpc) is 3.16. The number of thioether (sulfide) groups is 1. The number of nitrogens with one attached hydrogen (secondary N) is 1. The van der Waals surface area contributed by atoms with Crippen LogP contribution in [-0.4, -0.2) is 32.2 Å². The van der Waals surface area contributed by atoms with E-state index in [1.807, 2.05) is 24.0 Å². The highest BCUT2D eigenvalue weighted by atomic mass is 32.2. The van der Waals surface area contributed by atoms with Crippen LogP contribution >= 0.6 is 11.8 Å². The summed E-state index contributed by atoms with van der Waals surface area (Å²) in [6, 6.07) is 4.56. The van der Waals surface area contributed by atoms with Crippen LogP contribution < -0.4 is 5.32 Å². The molecule has 0 spiro atoms. The van der Waals surface area contributed by atoms with Crippen molar-refractivity contribution in [3.8, 4) is 0 Å². The molecule has 3 rings (SSSR count). The van der Waals surface area contributed by atoms with E-state index in [0.29, 0.717) is 6.04 Å². The molecule has 2 aromatic rings. The van der Waals surface area contributed by atoms with E-state index < -0.39 is 0 Å². The predicted octanol–water partition coefficient (Wildman–Crippen LogP) is 1.74. The van der Waals surface area contributed by atoms with Crippen molar-refractivity contribution in [3.63, 3.8) is 0 Å². The van der Waals surface area contributed by atoms with E-state index in [2.05, 4.69) is 31.9 Å². The van der Waals surface area contributed by atoms with Crippen LogP contribution in [0.15, 0.2) is 23.5 Å². The zero-order valence-corrected chi connectivity index (χ0v) is 10.9. The molecule has 1 aliphatic rings. The van der Waals surface area contributed by atoms with Gasteiger partial charge in [-0.3, -0.25) is 0 Å². The third-order valence-corrected chi connectivity index (χ3v) is 3.81. The average molecular weight is 262 g/mol. The van der Waals surface area contributed by atoms with Crippen molar-refractivity contribution in [3.05, 3.63) is 23.9 Å². The topological polar surface area (TPSA) is 68.5 Å². The van der Waals surface area contributed by atoms with Gasteiger partial charge in [0.15, 0.2) is 0 Å². The van der Waals surface area contributed by atoms with Crippen LogP contribution in [0, 0.1) is 0 Å². The Morgan fingerprint density at radius 3 is 3.00 bits per heavy atom. The largest absolute Gasteiger partial charge is 0.373 e. The van der Waals surface area contributed by atoms with E-state index in [9.17, 15) is 0 Å². The molecule has 94 valence electrons. The molecule has 0 amide bonds. The molecule has 7 heteroatoms. The lowest BCUT2D eigenvalue weighted by Crippen LogP contribution is -1.99. The first-order valence-electron chi connectivity index (χ1n) is 5.90. The number of rotatable bonds is 5. The Morgan fingerprint density at radius 1 is 1.44 bits per heavy atom. The first-order valence-corrected chi connectivity index (χ1v) is 6.89. The highest BCUT2D eigenvalue weighted by Gasteiger charge is 2.27. The quantitative estimate of drug-likeness (QED) is 0.828. The lowest BCUT2D eigenvalue weighted by atomic mass is 10.3. The van der Waals surface area contributed by atoms with E-state index in [-0.39, 0.29) is 0 Å². The summed E-state index contributed by atoms with van der Waals surface area (Å²) >= 11 is 1.66. The van der Waals surface area contributed by atoms with E-state index in [4.69, 9.17) is 0 Å². The van der Waals surface area contributed by atoms with Gasteiger partial charge >= 0.3 is 0 Å². The van der Waals surface area contributed by atoms with Gasteiger partial charge in [-0.2, -0.15) is 0 Å². The van der Waals surface area contributed by atoms with Crippen LogP contribution in [0.3, 0.4) is 0 Å². The van der Waals surface area contributed by atoms with Crippen LogP contribution in [0.1, 0.15) is 24.4 Å². The van der Waals surface area contributed by atoms with Gasteiger partial charge in [0.25, 0.3) is 0 Å². The molecule has 1 N–H and O–H groups in total. The lowest BCUT2D eigenvalue weighted by molar-refractivity contribution is 0.565. The van der Waals surface area contributed by atoms with Crippen molar-refractivity contribution in [1.29, 1.82) is 0 Å². The molecule has 6 nitrogen and oxygen atoms in total. The minimum atomic E-state index is 0.521. The smallest absolute Gasteiger partial charge is 0.209 e. The second-order valence-corrected chi connectivity index (χ2v) is 5.17. The molecule has 0 aromatic carbocycles. The number of pyridine rings is 1. The summed E-state index contributed by atoms with van der Waals surface area (Å²) in [6.45, 7) is 0. The Morgan fingerprint density at radius 2 is 2.33 bits per heavy atom. The minimum absolute atomic E-state index is 0.521. The summed E-state index contributed by atoms with van der Waals surface area (Å²) in [6.07, 6.45) is 4.26. The molecule has 0 saturated heterocycles. The first kappa shape index (κ1) is 11.5. The zero-order chi connectivity index (χ0) is 12.4. The summed E-state index contributed by atoms with van der Waals surface area (Å²) in [5, 5.41) is 15.7. The molecular weight excluding hydrogens is 248 g/mol. The third-order valence-electron chi connectivity index (χ3n) is 2.80. The summed E-state index contributed by atoms with van der Waals surface area (Å²) in [5.41, 5.74) is 1.17. The first-order chi connectivity index (χ1) is 8.86. The zero-order valence-electron chi connectivity index (χ0n) is 10.1. The third kappa shape index (κ3) is 2.45. The SMILES string of the molecule is CNc1ccc(CSc2nnnn2C2CC2)cn1. The lowest BCUT2D eigenvalue weighted by Gasteiger charge is -2.03. The molecule has 0 unspecified atom stereocenters. The van der Waals surface area contributed by atoms with Crippen LogP contribution in [0.2, 0.25) is 0 Å². The van der Waals surface area contributed by atoms with Crippen molar-refractivity contribution in [2.24, 2.45) is 0 Å². The van der Waals surface area contributed by atoms with Crippen LogP contribution in [0.4, 0.5) is 5.82 Å². The van der Waals surface area contributed by atoms with Crippen molar-refractivity contribution in [2.75, 3.05) is 12.4 Å². The fourth-order valence-electron chi connectivity index (χ4n) is 1.63. The van der Waals surface area contributed by atoms with Crippen molar-refractivity contribution in [1.82, 2.24) is 25.2 Å². The van der Waals surface area contributed by atoms with Gasteiger partial charge in [-0.05, 0) is 34.9 Å². The number of hydrogen-bond donors (Lipinski definition) is 1. The molecule has 0 aliphatic heterocycles. The van der Waals surface area contributed by atoms with Crippen LogP contribution in [0.5, 0.6) is 0 Å². The summed E-state index contributed by atoms with van der Waals surface area (Å²) < 4.78 is 1.93. The Balaban J connectivity index is 1.64. The Labute approximate surface area is 109 Å². The number of hydrogen-bond acceptors (Lipinski definition) is 6. The maximum absolute atomic E-state index is 4.28. The fourth-order valence-corrected chi connectivity index (χ4v) is 2.51. The molecule has 1 fully saturated rings. The summed E-state index contributed by atoms with van der Waals surface area (Å²) in [7, 11) is 1.86. The second-order valence-electron chi connectivity index (χ2n) is 4.23. The molecule has 0 radical (unpaired) electrons. The van der Waals surface area contributed by atoms with Crippen molar-refractivity contribution < 1.29 is 0 Å². The molecule has 2 heterocycles. The molecule has 1 aliphatic carbocycles. The van der Waals surface area contributed by atoms with E-state index in [0.717, 1.165) is 16.7 Å². The monoisotopic (exact) mass is 262 g/mol. The van der Waals surface area contributed by atoms with Crippen molar-refractivity contribution in [2.45, 2.75) is 29.8 Å². The van der Waals surface area contributed by atoms with Gasteiger partial charge in [0, 0.05) is 19.0 Å². The van der Waals surface area contributed by atoms with Gasteiger partial charge in [-0.1, -0.05) is 17.8 Å². The molecule has 0 bridgehead atoms. The molecule has 2 aromatic heterocycles. The molecule has 18 heavy (non-hydrogen) atoms. The fraction of sp³-hybridized carbons (Fsp3) is 0.455.